The van der Waals surface area contributed by atoms with Crippen molar-refractivity contribution in [1.82, 2.24) is 14.9 Å². The highest BCUT2D eigenvalue weighted by atomic mass is 79.9. The van der Waals surface area contributed by atoms with Crippen LogP contribution in [0.2, 0.25) is 0 Å². The first-order chi connectivity index (χ1) is 12.2. The van der Waals surface area contributed by atoms with Gasteiger partial charge >= 0.3 is 0 Å². The van der Waals surface area contributed by atoms with Crippen molar-refractivity contribution in [2.45, 2.75) is 0 Å². The molecule has 6 heteroatoms. The highest BCUT2D eigenvalue weighted by molar-refractivity contribution is 9.10. The number of rotatable bonds is 3. The zero-order valence-electron chi connectivity index (χ0n) is 13.1. The standard InChI is InChI=1S/C19H13BrN4S/c20-17-11-4-3-10-16(17)18-22-23-19(25)24(18)21-12-14-8-5-7-13-6-1-2-9-15(13)14/h1-12H,(H,23,25)/b21-12-. The molecule has 0 radical (unpaired) electrons. The molecule has 0 saturated carbocycles. The van der Waals surface area contributed by atoms with E-state index in [2.05, 4.69) is 49.4 Å². The molecule has 1 aromatic heterocycles. The van der Waals surface area contributed by atoms with E-state index in [1.54, 1.807) is 4.68 Å². The van der Waals surface area contributed by atoms with Gasteiger partial charge in [0.2, 0.25) is 4.77 Å². The van der Waals surface area contributed by atoms with Crippen LogP contribution >= 0.6 is 28.1 Å². The maximum absolute atomic E-state index is 5.34. The molecule has 0 amide bonds. The van der Waals surface area contributed by atoms with E-state index in [1.165, 1.54) is 5.39 Å². The van der Waals surface area contributed by atoms with Gasteiger partial charge in [0.05, 0.1) is 6.21 Å². The van der Waals surface area contributed by atoms with Gasteiger partial charge in [-0.1, -0.05) is 70.5 Å². The van der Waals surface area contributed by atoms with Gasteiger partial charge in [-0.3, -0.25) is 0 Å². The van der Waals surface area contributed by atoms with Gasteiger partial charge in [0.15, 0.2) is 5.82 Å². The molecule has 0 spiro atoms. The minimum absolute atomic E-state index is 0.447. The molecule has 0 unspecified atom stereocenters. The van der Waals surface area contributed by atoms with Crippen molar-refractivity contribution in [2.24, 2.45) is 5.10 Å². The third kappa shape index (κ3) is 3.06. The Morgan fingerprint density at radius 2 is 1.76 bits per heavy atom. The van der Waals surface area contributed by atoms with Gasteiger partial charge in [-0.15, -0.1) is 0 Å². The minimum atomic E-state index is 0.447. The summed E-state index contributed by atoms with van der Waals surface area (Å²) >= 11 is 8.90. The molecule has 0 fully saturated rings. The lowest BCUT2D eigenvalue weighted by Crippen LogP contribution is -1.96. The molecular formula is C19H13BrN4S. The number of halogens is 1. The zero-order chi connectivity index (χ0) is 17.2. The molecule has 1 heterocycles. The summed E-state index contributed by atoms with van der Waals surface area (Å²) in [5.74, 6) is 0.661. The summed E-state index contributed by atoms with van der Waals surface area (Å²) in [4.78, 5) is 0. The quantitative estimate of drug-likeness (QED) is 0.364. The summed E-state index contributed by atoms with van der Waals surface area (Å²) < 4.78 is 3.02. The molecule has 0 aliphatic rings. The molecule has 25 heavy (non-hydrogen) atoms. The summed E-state index contributed by atoms with van der Waals surface area (Å²) in [7, 11) is 0. The Morgan fingerprint density at radius 3 is 2.64 bits per heavy atom. The molecule has 0 bridgehead atoms. The Labute approximate surface area is 158 Å². The average Bonchev–Trinajstić information content (AvgIpc) is 3.01. The predicted octanol–water partition coefficient (Wildman–Crippen LogP) is 5.41. The smallest absolute Gasteiger partial charge is 0.216 e. The van der Waals surface area contributed by atoms with Crippen molar-refractivity contribution in [3.05, 3.63) is 81.5 Å². The Hall–Kier alpha value is -2.57. The second-order valence-corrected chi connectivity index (χ2v) is 6.70. The van der Waals surface area contributed by atoms with Gasteiger partial charge in [-0.2, -0.15) is 14.9 Å². The number of fused-ring (bicyclic) bond motifs is 1. The molecule has 4 rings (SSSR count). The number of benzene rings is 3. The number of aromatic amines is 1. The van der Waals surface area contributed by atoms with Gasteiger partial charge in [-0.05, 0) is 35.1 Å². The third-order valence-electron chi connectivity index (χ3n) is 3.90. The van der Waals surface area contributed by atoms with Crippen molar-refractivity contribution < 1.29 is 0 Å². The van der Waals surface area contributed by atoms with E-state index >= 15 is 0 Å². The van der Waals surface area contributed by atoms with Gasteiger partial charge in [0.25, 0.3) is 0 Å². The molecule has 0 saturated heterocycles. The largest absolute Gasteiger partial charge is 0.250 e. The highest BCUT2D eigenvalue weighted by Crippen LogP contribution is 2.26. The van der Waals surface area contributed by atoms with Crippen LogP contribution in [0.5, 0.6) is 0 Å². The van der Waals surface area contributed by atoms with Gasteiger partial charge in [0, 0.05) is 15.6 Å². The summed E-state index contributed by atoms with van der Waals surface area (Å²) in [5, 5.41) is 14.0. The maximum Gasteiger partial charge on any atom is 0.216 e. The number of nitrogens with one attached hydrogen (secondary N) is 1. The van der Waals surface area contributed by atoms with E-state index in [1.807, 2.05) is 54.7 Å². The summed E-state index contributed by atoms with van der Waals surface area (Å²) in [6.07, 6.45) is 1.81. The van der Waals surface area contributed by atoms with Crippen molar-refractivity contribution in [2.75, 3.05) is 0 Å². The molecule has 4 aromatic rings. The third-order valence-corrected chi connectivity index (χ3v) is 4.86. The molecule has 122 valence electrons. The zero-order valence-corrected chi connectivity index (χ0v) is 15.5. The number of hydrogen-bond donors (Lipinski definition) is 1. The highest BCUT2D eigenvalue weighted by Gasteiger charge is 2.11. The Balaban J connectivity index is 1.82. The second kappa shape index (κ2) is 6.74. The first-order valence-corrected chi connectivity index (χ1v) is 8.88. The van der Waals surface area contributed by atoms with Gasteiger partial charge < -0.3 is 0 Å². The van der Waals surface area contributed by atoms with Gasteiger partial charge in [-0.25, -0.2) is 5.10 Å². The molecule has 0 atom stereocenters. The predicted molar refractivity (Wildman–Crippen MR) is 107 cm³/mol. The number of aromatic nitrogens is 3. The lowest BCUT2D eigenvalue weighted by atomic mass is 10.1. The first-order valence-electron chi connectivity index (χ1n) is 7.68. The lowest BCUT2D eigenvalue weighted by molar-refractivity contribution is 0.871. The fourth-order valence-corrected chi connectivity index (χ4v) is 3.34. The fourth-order valence-electron chi connectivity index (χ4n) is 2.70. The molecule has 1 N–H and O–H groups in total. The van der Waals surface area contributed by atoms with Crippen LogP contribution < -0.4 is 0 Å². The van der Waals surface area contributed by atoms with Crippen LogP contribution in [0.15, 0.2) is 76.3 Å². The van der Waals surface area contributed by atoms with E-state index in [9.17, 15) is 0 Å². The Kier molecular flexibility index (Phi) is 4.29. The Bertz CT molecular complexity index is 1140. The number of H-pyrrole nitrogens is 1. The summed E-state index contributed by atoms with van der Waals surface area (Å²) in [6.45, 7) is 0. The van der Waals surface area contributed by atoms with Crippen LogP contribution in [-0.4, -0.2) is 21.1 Å². The molecule has 0 aliphatic carbocycles. The monoisotopic (exact) mass is 408 g/mol. The van der Waals surface area contributed by atoms with Crippen molar-refractivity contribution in [3.63, 3.8) is 0 Å². The molecule has 3 aromatic carbocycles. The number of nitrogens with zero attached hydrogens (tertiary/aromatic N) is 3. The van der Waals surface area contributed by atoms with Crippen LogP contribution in [0.4, 0.5) is 0 Å². The topological polar surface area (TPSA) is 46.0 Å². The van der Waals surface area contributed by atoms with E-state index < -0.39 is 0 Å². The normalized spacial score (nSPS) is 11.4. The van der Waals surface area contributed by atoms with E-state index in [0.29, 0.717) is 10.6 Å². The average molecular weight is 409 g/mol. The second-order valence-electron chi connectivity index (χ2n) is 5.46. The van der Waals surface area contributed by atoms with E-state index in [-0.39, 0.29) is 0 Å². The van der Waals surface area contributed by atoms with E-state index in [0.717, 1.165) is 21.0 Å². The van der Waals surface area contributed by atoms with Gasteiger partial charge in [0.1, 0.15) is 0 Å². The Morgan fingerprint density at radius 1 is 1.00 bits per heavy atom. The molecular weight excluding hydrogens is 396 g/mol. The molecule has 0 aliphatic heterocycles. The van der Waals surface area contributed by atoms with E-state index in [4.69, 9.17) is 12.2 Å². The van der Waals surface area contributed by atoms with Crippen LogP contribution in [0, 0.1) is 4.77 Å². The summed E-state index contributed by atoms with van der Waals surface area (Å²) in [6, 6.07) is 22.2. The van der Waals surface area contributed by atoms with Crippen molar-refractivity contribution in [3.8, 4) is 11.4 Å². The van der Waals surface area contributed by atoms with Crippen LogP contribution in [-0.2, 0) is 0 Å². The first kappa shape index (κ1) is 15.9. The maximum atomic E-state index is 5.34. The number of hydrogen-bond acceptors (Lipinski definition) is 3. The van der Waals surface area contributed by atoms with Crippen LogP contribution in [0.1, 0.15) is 5.56 Å². The minimum Gasteiger partial charge on any atom is -0.250 e. The van der Waals surface area contributed by atoms with Crippen molar-refractivity contribution >= 4 is 45.1 Å². The SMILES string of the molecule is S=c1[nH]nc(-c2ccccc2Br)n1/N=C\c1cccc2ccccc12. The van der Waals surface area contributed by atoms with Crippen molar-refractivity contribution in [1.29, 1.82) is 0 Å². The van der Waals surface area contributed by atoms with Crippen LogP contribution in [0.25, 0.3) is 22.2 Å². The molecule has 4 nitrogen and oxygen atoms in total. The fraction of sp³-hybridized carbons (Fsp3) is 0. The lowest BCUT2D eigenvalue weighted by Gasteiger charge is -2.04. The van der Waals surface area contributed by atoms with Crippen LogP contribution in [0.3, 0.4) is 0 Å². The summed E-state index contributed by atoms with van der Waals surface area (Å²) in [5.41, 5.74) is 1.95.